The second-order valence-corrected chi connectivity index (χ2v) is 7.10. The lowest BCUT2D eigenvalue weighted by atomic mass is 10.0. The van der Waals surface area contributed by atoms with Crippen molar-refractivity contribution in [2.75, 3.05) is 6.61 Å². The summed E-state index contributed by atoms with van der Waals surface area (Å²) in [6, 6.07) is 22.7. The Balaban J connectivity index is 1.66. The molecule has 1 aromatic heterocycles. The molecule has 0 saturated carbocycles. The van der Waals surface area contributed by atoms with E-state index in [1.807, 2.05) is 53.1 Å². The van der Waals surface area contributed by atoms with Crippen molar-refractivity contribution in [3.05, 3.63) is 84.2 Å². The molecule has 3 nitrogen and oxygen atoms in total. The molecule has 0 saturated heterocycles. The third kappa shape index (κ3) is 3.50. The number of nitrogens with zero attached hydrogens (tertiary/aromatic N) is 2. The van der Waals surface area contributed by atoms with E-state index in [1.165, 1.54) is 11.6 Å². The molecule has 0 spiro atoms. The number of para-hydroxylation sites is 3. The summed E-state index contributed by atoms with van der Waals surface area (Å²) >= 11 is 0. The number of hydrogen-bond acceptors (Lipinski definition) is 2. The molecule has 0 unspecified atom stereocenters. The van der Waals surface area contributed by atoms with Crippen LogP contribution in [0.3, 0.4) is 0 Å². The van der Waals surface area contributed by atoms with Gasteiger partial charge < -0.3 is 9.30 Å². The van der Waals surface area contributed by atoms with E-state index in [1.54, 1.807) is 12.1 Å². The van der Waals surface area contributed by atoms with Crippen LogP contribution in [0, 0.1) is 5.82 Å². The van der Waals surface area contributed by atoms with Gasteiger partial charge in [0, 0.05) is 0 Å². The van der Waals surface area contributed by atoms with Gasteiger partial charge in [0.05, 0.1) is 23.1 Å². The molecule has 4 aromatic rings. The first-order chi connectivity index (χ1) is 13.6. The van der Waals surface area contributed by atoms with Crippen molar-refractivity contribution < 1.29 is 9.13 Å². The lowest BCUT2D eigenvalue weighted by Gasteiger charge is -2.15. The van der Waals surface area contributed by atoms with E-state index in [0.29, 0.717) is 30.5 Å². The third-order valence-electron chi connectivity index (χ3n) is 4.88. The highest BCUT2D eigenvalue weighted by Gasteiger charge is 2.15. The normalized spacial score (nSPS) is 11.3. The molecule has 0 bridgehead atoms. The molecule has 28 heavy (non-hydrogen) atoms. The van der Waals surface area contributed by atoms with Gasteiger partial charge in [0.15, 0.2) is 0 Å². The second-order valence-electron chi connectivity index (χ2n) is 7.10. The number of ether oxygens (including phenoxy) is 1. The fourth-order valence-corrected chi connectivity index (χ4v) is 3.49. The summed E-state index contributed by atoms with van der Waals surface area (Å²) in [6.45, 7) is 5.37. The highest BCUT2D eigenvalue weighted by Crippen LogP contribution is 2.28. The quantitative estimate of drug-likeness (QED) is 0.411. The molecule has 0 aliphatic carbocycles. The first-order valence-electron chi connectivity index (χ1n) is 9.57. The maximum Gasteiger partial charge on any atom is 0.144 e. The Morgan fingerprint density at radius 3 is 2.46 bits per heavy atom. The highest BCUT2D eigenvalue weighted by molar-refractivity contribution is 5.80. The van der Waals surface area contributed by atoms with Gasteiger partial charge in [-0.3, -0.25) is 0 Å². The van der Waals surface area contributed by atoms with Gasteiger partial charge in [-0.1, -0.05) is 56.3 Å². The zero-order valence-corrected chi connectivity index (χ0v) is 16.1. The number of fused-ring (bicyclic) bond motifs is 1. The molecule has 4 rings (SSSR count). The monoisotopic (exact) mass is 374 g/mol. The van der Waals surface area contributed by atoms with Gasteiger partial charge in [0.25, 0.3) is 0 Å². The number of rotatable bonds is 6. The minimum atomic E-state index is -0.273. The average molecular weight is 374 g/mol. The molecular formula is C24H23FN2O. The van der Waals surface area contributed by atoms with Crippen molar-refractivity contribution in [1.29, 1.82) is 0 Å². The predicted molar refractivity (Wildman–Crippen MR) is 111 cm³/mol. The van der Waals surface area contributed by atoms with Crippen LogP contribution in [0.4, 0.5) is 4.39 Å². The zero-order valence-electron chi connectivity index (χ0n) is 16.1. The van der Waals surface area contributed by atoms with Gasteiger partial charge in [-0.25, -0.2) is 9.37 Å². The summed E-state index contributed by atoms with van der Waals surface area (Å²) in [6.07, 6.45) is 0. The molecule has 0 amide bonds. The molecule has 3 aromatic carbocycles. The lowest BCUT2D eigenvalue weighted by molar-refractivity contribution is 0.297. The number of imidazole rings is 1. The van der Waals surface area contributed by atoms with Gasteiger partial charge in [-0.05, 0) is 41.8 Å². The minimum Gasteiger partial charge on any atom is -0.491 e. The Morgan fingerprint density at radius 2 is 1.64 bits per heavy atom. The molecule has 0 aliphatic rings. The molecule has 0 radical (unpaired) electrons. The van der Waals surface area contributed by atoms with Gasteiger partial charge in [-0.15, -0.1) is 0 Å². The van der Waals surface area contributed by atoms with Crippen LogP contribution in [-0.4, -0.2) is 16.2 Å². The number of aromatic nitrogens is 2. The van der Waals surface area contributed by atoms with Crippen LogP contribution in [0.15, 0.2) is 72.8 Å². The second kappa shape index (κ2) is 7.85. The highest BCUT2D eigenvalue weighted by atomic mass is 19.1. The smallest absolute Gasteiger partial charge is 0.144 e. The average Bonchev–Trinajstić information content (AvgIpc) is 3.07. The van der Waals surface area contributed by atoms with Gasteiger partial charge in [0.2, 0.25) is 0 Å². The van der Waals surface area contributed by atoms with Crippen molar-refractivity contribution in [1.82, 2.24) is 9.55 Å². The van der Waals surface area contributed by atoms with Crippen LogP contribution in [0.2, 0.25) is 0 Å². The fourth-order valence-electron chi connectivity index (χ4n) is 3.49. The van der Waals surface area contributed by atoms with Crippen LogP contribution in [0.5, 0.6) is 5.75 Å². The van der Waals surface area contributed by atoms with Crippen molar-refractivity contribution in [2.24, 2.45) is 0 Å². The first kappa shape index (κ1) is 18.2. The largest absolute Gasteiger partial charge is 0.491 e. The first-order valence-corrected chi connectivity index (χ1v) is 9.57. The summed E-state index contributed by atoms with van der Waals surface area (Å²) in [7, 11) is 0. The lowest BCUT2D eigenvalue weighted by Crippen LogP contribution is -2.11. The number of hydrogen-bond donors (Lipinski definition) is 0. The Bertz CT molecular complexity index is 1100. The molecule has 0 fully saturated rings. The molecule has 142 valence electrons. The van der Waals surface area contributed by atoms with Gasteiger partial charge in [-0.2, -0.15) is 0 Å². The van der Waals surface area contributed by atoms with E-state index in [2.05, 4.69) is 24.9 Å². The maximum atomic E-state index is 14.4. The number of halogens is 1. The fraction of sp³-hybridized carbons (Fsp3) is 0.208. The molecular weight excluding hydrogens is 351 g/mol. The zero-order chi connectivity index (χ0) is 19.5. The molecule has 1 heterocycles. The van der Waals surface area contributed by atoms with E-state index in [0.717, 1.165) is 16.8 Å². The van der Waals surface area contributed by atoms with Crippen molar-refractivity contribution in [2.45, 2.75) is 26.3 Å². The SMILES string of the molecule is CC(C)c1ccccc1OCCn1c(-c2ccccc2F)nc2ccccc21. The van der Waals surface area contributed by atoms with Crippen LogP contribution in [-0.2, 0) is 6.54 Å². The van der Waals surface area contributed by atoms with Crippen molar-refractivity contribution in [3.8, 4) is 17.1 Å². The molecule has 0 N–H and O–H groups in total. The maximum absolute atomic E-state index is 14.4. The summed E-state index contributed by atoms with van der Waals surface area (Å²) < 4.78 is 22.6. The van der Waals surface area contributed by atoms with Gasteiger partial charge in [0.1, 0.15) is 24.0 Å². The summed E-state index contributed by atoms with van der Waals surface area (Å²) in [4.78, 5) is 4.68. The number of benzene rings is 3. The van der Waals surface area contributed by atoms with Crippen LogP contribution >= 0.6 is 0 Å². The van der Waals surface area contributed by atoms with Gasteiger partial charge >= 0.3 is 0 Å². The molecule has 0 atom stereocenters. The predicted octanol–water partition coefficient (Wildman–Crippen LogP) is 6.04. The minimum absolute atomic E-state index is 0.273. The van der Waals surface area contributed by atoms with E-state index in [-0.39, 0.29) is 5.82 Å². The topological polar surface area (TPSA) is 27.1 Å². The Hall–Kier alpha value is -3.14. The van der Waals surface area contributed by atoms with Crippen LogP contribution in [0.25, 0.3) is 22.4 Å². The third-order valence-corrected chi connectivity index (χ3v) is 4.88. The standard InChI is InChI=1S/C24H23FN2O/c1-17(2)18-9-4-8-14-23(18)28-16-15-27-22-13-7-6-12-21(22)26-24(27)19-10-3-5-11-20(19)25/h3-14,17H,15-16H2,1-2H3. The van der Waals surface area contributed by atoms with Crippen molar-refractivity contribution in [3.63, 3.8) is 0 Å². The van der Waals surface area contributed by atoms with E-state index in [9.17, 15) is 4.39 Å². The molecule has 0 aliphatic heterocycles. The summed E-state index contributed by atoms with van der Waals surface area (Å²) in [5.74, 6) is 1.64. The Labute approximate surface area is 164 Å². The Kier molecular flexibility index (Phi) is 5.11. The van der Waals surface area contributed by atoms with E-state index < -0.39 is 0 Å². The van der Waals surface area contributed by atoms with E-state index in [4.69, 9.17) is 4.74 Å². The summed E-state index contributed by atoms with van der Waals surface area (Å²) in [5.41, 5.74) is 3.51. The molecule has 4 heteroatoms. The van der Waals surface area contributed by atoms with Crippen LogP contribution in [0.1, 0.15) is 25.3 Å². The van der Waals surface area contributed by atoms with E-state index >= 15 is 0 Å². The van der Waals surface area contributed by atoms with Crippen molar-refractivity contribution >= 4 is 11.0 Å². The Morgan fingerprint density at radius 1 is 0.929 bits per heavy atom. The van der Waals surface area contributed by atoms with Crippen LogP contribution < -0.4 is 4.74 Å². The summed E-state index contributed by atoms with van der Waals surface area (Å²) in [5, 5.41) is 0.